The molecule has 0 aromatic rings. The molecule has 0 saturated carbocycles. The van der Waals surface area contributed by atoms with Crippen molar-refractivity contribution in [1.82, 2.24) is 5.01 Å². The highest BCUT2D eigenvalue weighted by Gasteiger charge is 2.91. The monoisotopic (exact) mass is 69.0 g/mol. The van der Waals surface area contributed by atoms with Crippen LogP contribution in [0.3, 0.4) is 0 Å². The third-order valence-electron chi connectivity index (χ3n) is 1.95. The molecule has 5 heavy (non-hydrogen) atoms. The maximum atomic E-state index is 2.45. The molecular formula is C3H5N2+. The van der Waals surface area contributed by atoms with E-state index >= 15 is 0 Å². The van der Waals surface area contributed by atoms with Gasteiger partial charge in [-0.1, -0.05) is 5.01 Å². The Hall–Kier alpha value is -0.0800. The second kappa shape index (κ2) is 0.200. The molecule has 4 unspecified atom stereocenters. The van der Waals surface area contributed by atoms with Crippen LogP contribution in [0.5, 0.6) is 0 Å². The first-order valence-electron chi connectivity index (χ1n) is 2.12. The lowest BCUT2D eigenvalue weighted by Gasteiger charge is -2.13. The average molecular weight is 69.1 g/mol. The fourth-order valence-corrected chi connectivity index (χ4v) is 1.28. The predicted molar refractivity (Wildman–Crippen MR) is 15.2 cm³/mol. The zero-order valence-electron chi connectivity index (χ0n) is 2.81. The summed E-state index contributed by atoms with van der Waals surface area (Å²) in [7, 11) is 0. The normalized spacial score (nSPS) is 91.2. The minimum Gasteiger partial charge on any atom is -0.215 e. The maximum absolute atomic E-state index is 2.45. The topological polar surface area (TPSA) is 7.45 Å². The number of nitrogens with zero attached hydrogens (tertiary/aromatic N) is 1. The summed E-state index contributed by atoms with van der Waals surface area (Å²) >= 11 is 0. The molecule has 4 fully saturated rings. The number of hydrogen-bond acceptors (Lipinski definition) is 1. The molecule has 0 aromatic heterocycles. The van der Waals surface area contributed by atoms with Crippen LogP contribution < -0.4 is 5.01 Å². The summed E-state index contributed by atoms with van der Waals surface area (Å²) in [6.45, 7) is 1.42. The van der Waals surface area contributed by atoms with Gasteiger partial charge in [-0.25, -0.2) is 5.01 Å². The summed E-state index contributed by atoms with van der Waals surface area (Å²) in [6.07, 6.45) is 1.06. The van der Waals surface area contributed by atoms with E-state index in [9.17, 15) is 0 Å². The van der Waals surface area contributed by atoms with Crippen molar-refractivity contribution in [3.05, 3.63) is 0 Å². The van der Waals surface area contributed by atoms with Crippen molar-refractivity contribution < 1.29 is 5.01 Å². The second-order valence-corrected chi connectivity index (χ2v) is 2.13. The standard InChI is InChI=1S/C3H4N2/c1-2-3-4(1)5(2)3/h2-3H,1H2/p+1. The Morgan fingerprint density at radius 3 is 2.20 bits per heavy atom. The lowest BCUT2D eigenvalue weighted by atomic mass is 10.3. The van der Waals surface area contributed by atoms with Crippen molar-refractivity contribution in [1.29, 1.82) is 0 Å². The zero-order chi connectivity index (χ0) is 3.02. The van der Waals surface area contributed by atoms with Crippen LogP contribution in [0.2, 0.25) is 0 Å². The summed E-state index contributed by atoms with van der Waals surface area (Å²) in [5.74, 6) is 0. The molecule has 4 heterocycles. The Morgan fingerprint density at radius 1 is 1.80 bits per heavy atom. The molecule has 26 valence electrons. The quantitative estimate of drug-likeness (QED) is 0.318. The predicted octanol–water partition coefficient (Wildman–Crippen LogP) is -2.18. The molecule has 0 radical (unpaired) electrons. The van der Waals surface area contributed by atoms with Crippen LogP contribution in [0, 0.1) is 0 Å². The smallest absolute Gasteiger partial charge is 0.215 e. The van der Waals surface area contributed by atoms with Gasteiger partial charge in [-0.15, -0.1) is 0 Å². The molecule has 2 nitrogen and oxygen atoms in total. The fraction of sp³-hybridized carbons (Fsp3) is 1.00. The van der Waals surface area contributed by atoms with Crippen LogP contribution in [0.15, 0.2) is 0 Å². The van der Waals surface area contributed by atoms with Gasteiger partial charge in [0, 0.05) is 0 Å². The lowest BCUT2D eigenvalue weighted by molar-refractivity contribution is -0.819. The van der Waals surface area contributed by atoms with Gasteiger partial charge in [0.25, 0.3) is 6.17 Å². The molecule has 4 aliphatic heterocycles. The highest BCUT2D eigenvalue weighted by molar-refractivity contribution is 5.02. The van der Waals surface area contributed by atoms with Gasteiger partial charge in [0.1, 0.15) is 6.54 Å². The van der Waals surface area contributed by atoms with Gasteiger partial charge in [-0.05, 0) is 0 Å². The van der Waals surface area contributed by atoms with Gasteiger partial charge in [-0.2, -0.15) is 0 Å². The van der Waals surface area contributed by atoms with Crippen molar-refractivity contribution in [2.24, 2.45) is 0 Å². The minimum atomic E-state index is 1.06. The van der Waals surface area contributed by atoms with Crippen LogP contribution in [-0.4, -0.2) is 23.8 Å². The number of quaternary nitrogens is 1. The number of nitrogens with one attached hydrogen (secondary N) is 1. The van der Waals surface area contributed by atoms with E-state index in [4.69, 9.17) is 0 Å². The van der Waals surface area contributed by atoms with Crippen LogP contribution in [0.1, 0.15) is 0 Å². The summed E-state index contributed by atoms with van der Waals surface area (Å²) in [5.41, 5.74) is 0. The summed E-state index contributed by atoms with van der Waals surface area (Å²) in [5, 5.41) is 4.22. The molecule has 2 heteroatoms. The van der Waals surface area contributed by atoms with Crippen LogP contribution in [-0.2, 0) is 0 Å². The van der Waals surface area contributed by atoms with E-state index in [-0.39, 0.29) is 0 Å². The van der Waals surface area contributed by atoms with Crippen molar-refractivity contribution in [2.75, 3.05) is 6.54 Å². The second-order valence-electron chi connectivity index (χ2n) is 2.13. The van der Waals surface area contributed by atoms with Gasteiger partial charge in [-0.3, -0.25) is 0 Å². The first kappa shape index (κ1) is 1.58. The molecule has 0 aromatic carbocycles. The minimum absolute atomic E-state index is 1.06. The summed E-state index contributed by atoms with van der Waals surface area (Å²) < 4.78 is 0. The van der Waals surface area contributed by atoms with Gasteiger partial charge < -0.3 is 0 Å². The Kier molecular flexibility index (Phi) is 0.0632. The van der Waals surface area contributed by atoms with Crippen LogP contribution in [0.25, 0.3) is 0 Å². The van der Waals surface area contributed by atoms with Crippen molar-refractivity contribution in [2.45, 2.75) is 12.2 Å². The lowest BCUT2D eigenvalue weighted by Crippen LogP contribution is -2.96. The molecular weight excluding hydrogens is 64.0 g/mol. The van der Waals surface area contributed by atoms with Crippen LogP contribution >= 0.6 is 0 Å². The van der Waals surface area contributed by atoms with E-state index in [1.807, 2.05) is 0 Å². The molecule has 4 saturated heterocycles. The number of rotatable bonds is 0. The van der Waals surface area contributed by atoms with Crippen LogP contribution in [0.4, 0.5) is 0 Å². The summed E-state index contributed by atoms with van der Waals surface area (Å²) in [4.78, 5) is 0. The molecule has 4 aliphatic rings. The van der Waals surface area contributed by atoms with E-state index in [2.05, 4.69) is 5.01 Å². The first-order chi connectivity index (χ1) is 2.48. The highest BCUT2D eigenvalue weighted by atomic mass is 16.1. The van der Waals surface area contributed by atoms with Gasteiger partial charge in [0.05, 0.1) is 0 Å². The third-order valence-corrected chi connectivity index (χ3v) is 1.95. The van der Waals surface area contributed by atoms with E-state index in [1.54, 1.807) is 5.01 Å². The maximum Gasteiger partial charge on any atom is 0.259 e. The Bertz CT molecular complexity index is 69.1. The van der Waals surface area contributed by atoms with E-state index in [0.717, 1.165) is 12.2 Å². The van der Waals surface area contributed by atoms with E-state index < -0.39 is 0 Å². The van der Waals surface area contributed by atoms with Gasteiger partial charge in [0.15, 0.2) is 6.04 Å². The highest BCUT2D eigenvalue weighted by Crippen LogP contribution is 2.33. The first-order valence-corrected chi connectivity index (χ1v) is 2.12. The molecule has 1 N–H and O–H groups in total. The largest absolute Gasteiger partial charge is 0.259 e. The van der Waals surface area contributed by atoms with Crippen molar-refractivity contribution in [3.63, 3.8) is 0 Å². The Labute approximate surface area is 29.9 Å². The Balaban J connectivity index is 2.39. The average Bonchev–Trinajstić information content (AvgIpc) is 1.69. The SMILES string of the molecule is C1C2C3N1[NH+]23. The van der Waals surface area contributed by atoms with Gasteiger partial charge in [0.2, 0.25) is 0 Å². The molecule has 2 bridgehead atoms. The third kappa shape index (κ3) is 0.0364. The molecule has 4 atom stereocenters. The van der Waals surface area contributed by atoms with Crippen molar-refractivity contribution >= 4 is 0 Å². The van der Waals surface area contributed by atoms with E-state index in [0.29, 0.717) is 0 Å². The number of hydrogen-bond donors (Lipinski definition) is 1. The van der Waals surface area contributed by atoms with E-state index in [1.165, 1.54) is 6.54 Å². The zero-order valence-corrected chi connectivity index (χ0v) is 2.81. The molecule has 0 amide bonds. The van der Waals surface area contributed by atoms with Gasteiger partial charge >= 0.3 is 0 Å². The molecule has 0 aliphatic carbocycles. The molecule has 4 rings (SSSR count). The fourth-order valence-electron chi connectivity index (χ4n) is 1.28. The Morgan fingerprint density at radius 2 is 2.20 bits per heavy atom. The summed E-state index contributed by atoms with van der Waals surface area (Å²) in [6, 6.07) is 1.13. The van der Waals surface area contributed by atoms with Crippen molar-refractivity contribution in [3.8, 4) is 0 Å². The molecule has 0 spiro atoms.